The van der Waals surface area contributed by atoms with Gasteiger partial charge in [-0.25, -0.2) is 4.52 Å². The van der Waals surface area contributed by atoms with Crippen molar-refractivity contribution in [2.45, 2.75) is 25.6 Å². The van der Waals surface area contributed by atoms with Crippen LogP contribution in [0.25, 0.3) is 16.6 Å². The number of ether oxygens (including phenoxy) is 1. The first kappa shape index (κ1) is 16.5. The van der Waals surface area contributed by atoms with Crippen LogP contribution >= 0.6 is 0 Å². The minimum atomic E-state index is -4.42. The van der Waals surface area contributed by atoms with Crippen LogP contribution in [0.3, 0.4) is 0 Å². The van der Waals surface area contributed by atoms with Crippen molar-refractivity contribution in [1.29, 1.82) is 0 Å². The molecule has 0 spiro atoms. The van der Waals surface area contributed by atoms with E-state index in [1.807, 2.05) is 38.1 Å². The monoisotopic (exact) mass is 334 g/mol. The quantitative estimate of drug-likeness (QED) is 0.681. The number of alkyl halides is 3. The van der Waals surface area contributed by atoms with Gasteiger partial charge in [-0.1, -0.05) is 24.3 Å². The molecule has 3 nitrogen and oxygen atoms in total. The molecule has 0 aliphatic heterocycles. The molecule has 24 heavy (non-hydrogen) atoms. The van der Waals surface area contributed by atoms with E-state index >= 15 is 0 Å². The fourth-order valence-electron chi connectivity index (χ4n) is 2.56. The average Bonchev–Trinajstić information content (AvgIpc) is 2.98. The van der Waals surface area contributed by atoms with E-state index in [1.54, 1.807) is 13.2 Å². The number of nitrogens with zero attached hydrogens (tertiary/aromatic N) is 2. The molecule has 0 saturated carbocycles. The van der Waals surface area contributed by atoms with E-state index in [2.05, 4.69) is 5.10 Å². The number of hydrogen-bond acceptors (Lipinski definition) is 2. The zero-order chi connectivity index (χ0) is 17.5. The molecule has 0 atom stereocenters. The summed E-state index contributed by atoms with van der Waals surface area (Å²) in [6.07, 6.45) is -2.04. The highest BCUT2D eigenvalue weighted by Crippen LogP contribution is 2.34. The van der Waals surface area contributed by atoms with Crippen molar-refractivity contribution in [2.75, 3.05) is 7.11 Å². The number of benzene rings is 1. The van der Waals surface area contributed by atoms with Crippen LogP contribution in [0.5, 0.6) is 0 Å². The van der Waals surface area contributed by atoms with E-state index < -0.39 is 17.3 Å². The molecule has 0 N–H and O–H groups in total. The summed E-state index contributed by atoms with van der Waals surface area (Å²) in [4.78, 5) is 0. The van der Waals surface area contributed by atoms with Crippen LogP contribution < -0.4 is 0 Å². The number of methoxy groups -OCH3 is 1. The predicted octanol–water partition coefficient (Wildman–Crippen LogP) is 4.90. The Bertz CT molecular complexity index is 864. The van der Waals surface area contributed by atoms with Crippen molar-refractivity contribution in [3.8, 4) is 11.1 Å². The first-order chi connectivity index (χ1) is 11.2. The first-order valence-corrected chi connectivity index (χ1v) is 7.43. The van der Waals surface area contributed by atoms with Gasteiger partial charge in [0.15, 0.2) is 0 Å². The Balaban J connectivity index is 2.04. The first-order valence-electron chi connectivity index (χ1n) is 7.43. The van der Waals surface area contributed by atoms with Gasteiger partial charge in [0, 0.05) is 13.3 Å². The van der Waals surface area contributed by atoms with E-state index in [0.29, 0.717) is 5.56 Å². The normalized spacial score (nSPS) is 12.8. The van der Waals surface area contributed by atoms with Gasteiger partial charge in [-0.2, -0.15) is 18.3 Å². The zero-order valence-corrected chi connectivity index (χ0v) is 13.6. The van der Waals surface area contributed by atoms with Crippen LogP contribution in [-0.4, -0.2) is 16.7 Å². The van der Waals surface area contributed by atoms with Crippen molar-refractivity contribution < 1.29 is 17.9 Å². The topological polar surface area (TPSA) is 26.5 Å². The molecular formula is C18H17F3N2O. The van der Waals surface area contributed by atoms with E-state index in [1.165, 1.54) is 16.8 Å². The Hall–Kier alpha value is -2.34. The Kier molecular flexibility index (Phi) is 3.87. The largest absolute Gasteiger partial charge is 0.420 e. The molecule has 3 rings (SSSR count). The van der Waals surface area contributed by atoms with Crippen LogP contribution in [0.1, 0.15) is 25.0 Å². The number of aromatic nitrogens is 2. The highest BCUT2D eigenvalue weighted by Gasteiger charge is 2.34. The third-order valence-corrected chi connectivity index (χ3v) is 4.25. The Labute approximate surface area is 137 Å². The second kappa shape index (κ2) is 5.63. The molecule has 1 aromatic carbocycles. The highest BCUT2D eigenvalue weighted by atomic mass is 19.4. The lowest BCUT2D eigenvalue weighted by Crippen LogP contribution is -2.19. The lowest BCUT2D eigenvalue weighted by molar-refractivity contribution is -0.136. The van der Waals surface area contributed by atoms with Crippen LogP contribution in [0, 0.1) is 0 Å². The van der Waals surface area contributed by atoms with Gasteiger partial charge in [-0.15, -0.1) is 0 Å². The van der Waals surface area contributed by atoms with E-state index in [-0.39, 0.29) is 5.52 Å². The van der Waals surface area contributed by atoms with Crippen LogP contribution in [-0.2, 0) is 16.5 Å². The van der Waals surface area contributed by atoms with Crippen LogP contribution in [0.15, 0.2) is 48.8 Å². The van der Waals surface area contributed by atoms with Crippen molar-refractivity contribution in [1.82, 2.24) is 9.61 Å². The summed E-state index contributed by atoms with van der Waals surface area (Å²) in [6.45, 7) is 3.91. The molecule has 0 fully saturated rings. The summed E-state index contributed by atoms with van der Waals surface area (Å²) in [5.74, 6) is 0. The molecule has 0 aliphatic carbocycles. The van der Waals surface area contributed by atoms with Crippen LogP contribution in [0.4, 0.5) is 13.2 Å². The molecule has 0 saturated heterocycles. The summed E-state index contributed by atoms with van der Waals surface area (Å²) in [5.41, 5.74) is 1.42. The molecule has 0 radical (unpaired) electrons. The fraction of sp³-hybridized carbons (Fsp3) is 0.278. The average molecular weight is 334 g/mol. The van der Waals surface area contributed by atoms with Gasteiger partial charge in [0.25, 0.3) is 0 Å². The molecule has 6 heteroatoms. The Morgan fingerprint density at radius 1 is 1.00 bits per heavy atom. The predicted molar refractivity (Wildman–Crippen MR) is 85.7 cm³/mol. The minimum Gasteiger partial charge on any atom is -0.374 e. The molecular weight excluding hydrogens is 317 g/mol. The molecule has 0 amide bonds. The molecule has 126 valence electrons. The van der Waals surface area contributed by atoms with E-state index in [9.17, 15) is 13.2 Å². The highest BCUT2D eigenvalue weighted by molar-refractivity contribution is 5.71. The minimum absolute atomic E-state index is 0.0429. The van der Waals surface area contributed by atoms with Gasteiger partial charge < -0.3 is 4.74 Å². The fourth-order valence-corrected chi connectivity index (χ4v) is 2.56. The third-order valence-electron chi connectivity index (χ3n) is 4.25. The summed E-state index contributed by atoms with van der Waals surface area (Å²) in [6, 6.07) is 10.9. The van der Waals surface area contributed by atoms with Gasteiger partial charge in [0.1, 0.15) is 5.56 Å². The molecule has 2 heterocycles. The number of fused-ring (bicyclic) bond motifs is 1. The maximum Gasteiger partial charge on any atom is 0.420 e. The smallest absolute Gasteiger partial charge is 0.374 e. The van der Waals surface area contributed by atoms with Crippen LogP contribution in [0.2, 0.25) is 0 Å². The van der Waals surface area contributed by atoms with Crippen molar-refractivity contribution in [3.05, 3.63) is 59.9 Å². The third kappa shape index (κ3) is 2.89. The second-order valence-electron chi connectivity index (χ2n) is 6.09. The zero-order valence-electron chi connectivity index (χ0n) is 13.6. The SMILES string of the molecule is COC(C)(C)c1ccc(-c2ccn3ncc(C(F)(F)F)c3c2)cc1. The molecule has 0 unspecified atom stereocenters. The molecule has 0 bridgehead atoms. The Morgan fingerprint density at radius 2 is 1.67 bits per heavy atom. The maximum atomic E-state index is 13.0. The summed E-state index contributed by atoms with van der Waals surface area (Å²) in [7, 11) is 1.64. The van der Waals surface area contributed by atoms with Gasteiger partial charge >= 0.3 is 6.18 Å². The summed E-state index contributed by atoms with van der Waals surface area (Å²) >= 11 is 0. The summed E-state index contributed by atoms with van der Waals surface area (Å²) < 4.78 is 45.8. The van der Waals surface area contributed by atoms with Gasteiger partial charge in [-0.05, 0) is 42.7 Å². The Morgan fingerprint density at radius 3 is 2.25 bits per heavy atom. The number of hydrogen-bond donors (Lipinski definition) is 0. The maximum absolute atomic E-state index is 13.0. The van der Waals surface area contributed by atoms with Crippen molar-refractivity contribution in [3.63, 3.8) is 0 Å². The lowest BCUT2D eigenvalue weighted by Gasteiger charge is -2.23. The summed E-state index contributed by atoms with van der Waals surface area (Å²) in [5, 5.41) is 3.76. The van der Waals surface area contributed by atoms with E-state index in [0.717, 1.165) is 17.3 Å². The van der Waals surface area contributed by atoms with E-state index in [4.69, 9.17) is 4.74 Å². The lowest BCUT2D eigenvalue weighted by atomic mass is 9.95. The molecule has 2 aromatic heterocycles. The number of rotatable bonds is 3. The second-order valence-corrected chi connectivity index (χ2v) is 6.09. The molecule has 0 aliphatic rings. The van der Waals surface area contributed by atoms with Gasteiger partial charge in [-0.3, -0.25) is 0 Å². The van der Waals surface area contributed by atoms with Gasteiger partial charge in [0.2, 0.25) is 0 Å². The number of pyridine rings is 1. The van der Waals surface area contributed by atoms with Gasteiger partial charge in [0.05, 0.1) is 17.3 Å². The molecule has 3 aromatic rings. The number of halogens is 3. The van der Waals surface area contributed by atoms with Crippen molar-refractivity contribution in [2.24, 2.45) is 0 Å². The standard InChI is InChI=1S/C18H17F3N2O/c1-17(2,24-3)14-6-4-12(5-7-14)13-8-9-23-16(10-13)15(11-22-23)18(19,20)21/h4-11H,1-3H3. The van der Waals surface area contributed by atoms with Crippen molar-refractivity contribution >= 4 is 5.52 Å².